The van der Waals surface area contributed by atoms with Gasteiger partial charge in [0.15, 0.2) is 0 Å². The lowest BCUT2D eigenvalue weighted by molar-refractivity contribution is -0.146. The second-order valence-electron chi connectivity index (χ2n) is 7.42. The third kappa shape index (κ3) is 9.71. The first-order valence-corrected chi connectivity index (χ1v) is 11.8. The maximum atomic E-state index is 13.3. The fourth-order valence-corrected chi connectivity index (χ4v) is 3.91. The molecule has 0 aliphatic rings. The van der Waals surface area contributed by atoms with E-state index in [2.05, 4.69) is 0 Å². The summed E-state index contributed by atoms with van der Waals surface area (Å²) in [6.07, 6.45) is 0.510. The Hall–Kier alpha value is -2.78. The van der Waals surface area contributed by atoms with Crippen molar-refractivity contribution >= 4 is 29.1 Å². The lowest BCUT2D eigenvalue weighted by atomic mass is 10.2. The highest BCUT2D eigenvalue weighted by atomic mass is 32.1. The zero-order chi connectivity index (χ0) is 24.1. The third-order valence-electron chi connectivity index (χ3n) is 4.87. The van der Waals surface area contributed by atoms with Gasteiger partial charge < -0.3 is 19.3 Å². The molecule has 0 saturated carbocycles. The molecule has 1 heterocycles. The highest BCUT2D eigenvalue weighted by Gasteiger charge is 2.22. The van der Waals surface area contributed by atoms with Crippen molar-refractivity contribution in [3.63, 3.8) is 0 Å². The van der Waals surface area contributed by atoms with Gasteiger partial charge in [0.25, 0.3) is 0 Å². The Bertz CT molecular complexity index is 873. The van der Waals surface area contributed by atoms with Crippen molar-refractivity contribution in [1.82, 2.24) is 9.80 Å². The Kier molecular flexibility index (Phi) is 11.5. The maximum absolute atomic E-state index is 13.3. The van der Waals surface area contributed by atoms with E-state index < -0.39 is 5.97 Å². The maximum Gasteiger partial charge on any atom is 0.306 e. The second-order valence-corrected chi connectivity index (χ2v) is 8.45. The average molecular weight is 479 g/mol. The molecule has 33 heavy (non-hydrogen) atoms. The van der Waals surface area contributed by atoms with E-state index in [0.29, 0.717) is 32.7 Å². The van der Waals surface area contributed by atoms with Crippen LogP contribution in [0.4, 0.5) is 4.39 Å². The summed E-state index contributed by atoms with van der Waals surface area (Å²) in [5, 5.41) is 1.94. The lowest BCUT2D eigenvalue weighted by Gasteiger charge is -2.28. The van der Waals surface area contributed by atoms with E-state index in [1.54, 1.807) is 31.1 Å². The quantitative estimate of drug-likeness (QED) is 0.306. The van der Waals surface area contributed by atoms with Crippen LogP contribution in [-0.2, 0) is 36.9 Å². The van der Waals surface area contributed by atoms with E-state index in [1.165, 1.54) is 28.4 Å². The summed E-state index contributed by atoms with van der Waals surface area (Å²) >= 11 is 1.54. The molecular weight excluding hydrogens is 447 g/mol. The van der Waals surface area contributed by atoms with Gasteiger partial charge in [0.2, 0.25) is 11.8 Å². The fraction of sp³-hybridized carbons (Fsp3) is 0.458. The summed E-state index contributed by atoms with van der Waals surface area (Å²) in [4.78, 5) is 41.8. The van der Waals surface area contributed by atoms with Crippen molar-refractivity contribution < 1.29 is 28.2 Å². The summed E-state index contributed by atoms with van der Waals surface area (Å²) in [5.41, 5.74) is 0.792. The highest BCUT2D eigenvalue weighted by molar-refractivity contribution is 7.09. The molecule has 0 bridgehead atoms. The van der Waals surface area contributed by atoms with Gasteiger partial charge in [-0.15, -0.1) is 11.3 Å². The van der Waals surface area contributed by atoms with E-state index in [-0.39, 0.29) is 43.6 Å². The zero-order valence-corrected chi connectivity index (χ0v) is 19.9. The molecule has 9 heteroatoms. The molecular formula is C24H31FN2O5S. The summed E-state index contributed by atoms with van der Waals surface area (Å²) < 4.78 is 23.3. The van der Waals surface area contributed by atoms with Gasteiger partial charge >= 0.3 is 5.97 Å². The molecule has 0 N–H and O–H groups in total. The highest BCUT2D eigenvalue weighted by Crippen LogP contribution is 2.16. The molecule has 0 fully saturated rings. The van der Waals surface area contributed by atoms with Crippen LogP contribution in [0.15, 0.2) is 41.8 Å². The normalized spacial score (nSPS) is 10.6. The smallest absolute Gasteiger partial charge is 0.306 e. The Labute approximate surface area is 198 Å². The van der Waals surface area contributed by atoms with Crippen molar-refractivity contribution in [2.75, 3.05) is 33.4 Å². The first-order valence-electron chi connectivity index (χ1n) is 10.9. The van der Waals surface area contributed by atoms with Crippen molar-refractivity contribution in [3.05, 3.63) is 58.0 Å². The van der Waals surface area contributed by atoms with Crippen LogP contribution in [-0.4, -0.2) is 61.0 Å². The number of carbonyl (C=O) groups is 3. The fourth-order valence-electron chi connectivity index (χ4n) is 3.19. The van der Waals surface area contributed by atoms with E-state index in [4.69, 9.17) is 9.47 Å². The van der Waals surface area contributed by atoms with Gasteiger partial charge in [-0.05, 0) is 42.5 Å². The lowest BCUT2D eigenvalue weighted by Crippen LogP contribution is -2.43. The molecule has 0 spiro atoms. The minimum atomic E-state index is -0.440. The van der Waals surface area contributed by atoms with Crippen molar-refractivity contribution in [1.29, 1.82) is 0 Å². The van der Waals surface area contributed by atoms with E-state index >= 15 is 0 Å². The van der Waals surface area contributed by atoms with Crippen LogP contribution in [0.25, 0.3) is 0 Å². The van der Waals surface area contributed by atoms with Crippen LogP contribution in [0.5, 0.6) is 0 Å². The second kappa shape index (κ2) is 14.4. The first-order chi connectivity index (χ1) is 15.9. The van der Waals surface area contributed by atoms with Crippen LogP contribution in [0.2, 0.25) is 0 Å². The number of methoxy groups -OCH3 is 1. The molecule has 0 atom stereocenters. The number of amides is 2. The van der Waals surface area contributed by atoms with E-state index in [1.807, 2.05) is 17.5 Å². The van der Waals surface area contributed by atoms with Crippen LogP contribution in [0.1, 0.15) is 36.6 Å². The Morgan fingerprint density at radius 2 is 1.76 bits per heavy atom. The molecule has 0 radical (unpaired) electrons. The number of hydrogen-bond acceptors (Lipinski definition) is 6. The van der Waals surface area contributed by atoms with E-state index in [9.17, 15) is 18.8 Å². The number of benzene rings is 1. The summed E-state index contributed by atoms with van der Waals surface area (Å²) in [6.45, 7) is 3.31. The first kappa shape index (κ1) is 26.5. The molecule has 0 saturated heterocycles. The molecule has 2 aromatic rings. The Morgan fingerprint density at radius 1 is 1.00 bits per heavy atom. The Balaban J connectivity index is 2.10. The zero-order valence-electron chi connectivity index (χ0n) is 19.1. The number of halogens is 1. The molecule has 1 aromatic heterocycles. The van der Waals surface area contributed by atoms with Gasteiger partial charge in [-0.25, -0.2) is 4.39 Å². The third-order valence-corrected chi connectivity index (χ3v) is 5.73. The topological polar surface area (TPSA) is 76.1 Å². The average Bonchev–Trinajstić information content (AvgIpc) is 3.31. The van der Waals surface area contributed by atoms with Gasteiger partial charge in [-0.1, -0.05) is 18.2 Å². The number of ether oxygens (including phenoxy) is 2. The minimum Gasteiger partial charge on any atom is -0.466 e. The van der Waals surface area contributed by atoms with Crippen LogP contribution < -0.4 is 0 Å². The molecule has 2 amide bonds. The Morgan fingerprint density at radius 3 is 2.39 bits per heavy atom. The van der Waals surface area contributed by atoms with Crippen LogP contribution >= 0.6 is 11.3 Å². The van der Waals surface area contributed by atoms with Gasteiger partial charge in [0, 0.05) is 38.1 Å². The summed E-state index contributed by atoms with van der Waals surface area (Å²) in [7, 11) is 1.57. The molecule has 1 aromatic carbocycles. The SMILES string of the molecule is CCOC(=O)CCC(=O)N(CCCOC)CC(=O)N(Cc1ccc(F)cc1)Cc1cccs1. The van der Waals surface area contributed by atoms with Crippen molar-refractivity contribution in [2.24, 2.45) is 0 Å². The van der Waals surface area contributed by atoms with Gasteiger partial charge in [-0.2, -0.15) is 0 Å². The largest absolute Gasteiger partial charge is 0.466 e. The van der Waals surface area contributed by atoms with Gasteiger partial charge in [0.05, 0.1) is 26.1 Å². The van der Waals surface area contributed by atoms with Crippen LogP contribution in [0, 0.1) is 5.82 Å². The van der Waals surface area contributed by atoms with Crippen molar-refractivity contribution in [2.45, 2.75) is 39.3 Å². The van der Waals surface area contributed by atoms with Crippen molar-refractivity contribution in [3.8, 4) is 0 Å². The number of carbonyl (C=O) groups excluding carboxylic acids is 3. The van der Waals surface area contributed by atoms with Gasteiger partial charge in [0.1, 0.15) is 5.82 Å². The van der Waals surface area contributed by atoms with Gasteiger partial charge in [-0.3, -0.25) is 14.4 Å². The standard InChI is InChI=1S/C24H31FN2O5S/c1-3-32-24(30)12-11-22(28)26(13-5-14-31-2)18-23(29)27(17-21-6-4-15-33-21)16-19-7-9-20(25)10-8-19/h4,6-10,15H,3,5,11-14,16-18H2,1-2H3. The monoisotopic (exact) mass is 478 g/mol. The molecule has 2 rings (SSSR count). The molecule has 0 aliphatic heterocycles. The summed E-state index contributed by atoms with van der Waals surface area (Å²) in [5.74, 6) is -1.30. The number of hydrogen-bond donors (Lipinski definition) is 0. The number of thiophene rings is 1. The van der Waals surface area contributed by atoms with Crippen LogP contribution in [0.3, 0.4) is 0 Å². The number of nitrogens with zero attached hydrogens (tertiary/aromatic N) is 2. The summed E-state index contributed by atoms with van der Waals surface area (Å²) in [6, 6.07) is 9.86. The predicted molar refractivity (Wildman–Crippen MR) is 124 cm³/mol. The predicted octanol–water partition coefficient (Wildman–Crippen LogP) is 3.62. The van der Waals surface area contributed by atoms with E-state index in [0.717, 1.165) is 10.4 Å². The minimum absolute atomic E-state index is 0.0258. The molecule has 7 nitrogen and oxygen atoms in total. The molecule has 0 unspecified atom stereocenters. The molecule has 0 aliphatic carbocycles. The number of rotatable bonds is 14. The number of esters is 1. The molecule has 180 valence electrons.